The molecule has 2 saturated carbocycles. The van der Waals surface area contributed by atoms with E-state index in [0.717, 1.165) is 41.8 Å². The largest absolute Gasteiger partial charge is 0.455 e. The molecule has 54 heavy (non-hydrogen) atoms. The molecule has 0 aromatic heterocycles. The number of rotatable bonds is 14. The van der Waals surface area contributed by atoms with Crippen molar-refractivity contribution < 1.29 is 42.6 Å². The summed E-state index contributed by atoms with van der Waals surface area (Å²) in [6, 6.07) is 13.8. The van der Waals surface area contributed by atoms with Gasteiger partial charge in [0.1, 0.15) is 23.4 Å². The molecule has 1 aromatic rings. The highest BCUT2D eigenvalue weighted by molar-refractivity contribution is 6.74. The van der Waals surface area contributed by atoms with E-state index in [1.165, 1.54) is 0 Å². The minimum atomic E-state index is -2.50. The van der Waals surface area contributed by atoms with E-state index < -0.39 is 89.4 Å². The maximum atomic E-state index is 16.4. The Kier molecular flexibility index (Phi) is 12.4. The SMILES string of the molecule is CC[Si](CC)(CC)O[C@H]1C(=O)[C@@]2(C)C([C@H](OC(=O)c3ccccc3)[C@]3(O)C[C@H](O[Si](C)(C)C)C(C)=C1C3(C)C)[C@]1(O)CO[C@@H]1C[C@@H]2O[Si](CC)(CC)CC. The normalized spacial score (nSPS) is 35.4. The van der Waals surface area contributed by atoms with E-state index in [2.05, 4.69) is 61.2 Å². The molecule has 3 aliphatic carbocycles. The van der Waals surface area contributed by atoms with Crippen LogP contribution in [0.4, 0.5) is 0 Å². The smallest absolute Gasteiger partial charge is 0.338 e. The number of hydrogen-bond acceptors (Lipinski definition) is 9. The fourth-order valence-corrected chi connectivity index (χ4v) is 17.4. The van der Waals surface area contributed by atoms with E-state index >= 15 is 4.79 Å². The van der Waals surface area contributed by atoms with Crippen LogP contribution in [0.15, 0.2) is 41.5 Å². The minimum absolute atomic E-state index is 0.0502. The van der Waals surface area contributed by atoms with Gasteiger partial charge in [-0.1, -0.05) is 73.6 Å². The summed E-state index contributed by atoms with van der Waals surface area (Å²) in [4.78, 5) is 30.8. The minimum Gasteiger partial charge on any atom is -0.455 e. The number of aliphatic hydroxyl groups is 2. The summed E-state index contributed by atoms with van der Waals surface area (Å²) in [6.45, 7) is 27.1. The number of ketones is 1. The predicted octanol–water partition coefficient (Wildman–Crippen LogP) is 8.43. The van der Waals surface area contributed by atoms with E-state index in [1.807, 2.05) is 33.8 Å². The van der Waals surface area contributed by atoms with Gasteiger partial charge in [-0.3, -0.25) is 4.79 Å². The number of Topliss-reactive ketones (excluding diaryl/α,β-unsaturated/α-hetero) is 1. The van der Waals surface area contributed by atoms with Crippen LogP contribution in [0.3, 0.4) is 0 Å². The van der Waals surface area contributed by atoms with Crippen LogP contribution in [-0.2, 0) is 27.5 Å². The van der Waals surface area contributed by atoms with E-state index in [-0.39, 0.29) is 18.8 Å². The zero-order chi connectivity index (χ0) is 40.3. The van der Waals surface area contributed by atoms with Crippen molar-refractivity contribution in [3.63, 3.8) is 0 Å². The quantitative estimate of drug-likeness (QED) is 0.109. The molecule has 0 spiro atoms. The van der Waals surface area contributed by atoms with Gasteiger partial charge in [0.2, 0.25) is 0 Å². The molecule has 2 N–H and O–H groups in total. The van der Waals surface area contributed by atoms with Gasteiger partial charge in [-0.25, -0.2) is 4.79 Å². The standard InChI is InChI=1S/C42H70O9Si3/c1-14-53(15-2,16-3)50-31-25-32-41(45,27-47-32)35-37(48-38(44)29-23-21-20-22-24-29)42(46)26-30(49-52(11,12)13)28(7)33(39(42,8)9)34(36(43)40(31,35)10)51-54(17-4,18-5)19-6/h20-24,30-32,34-35,37,45-46H,14-19,25-27H2,1-13H3/t30-,31-,32+,34+,35?,37-,40+,41-,42+/m0/s1. The van der Waals surface area contributed by atoms with Crippen molar-refractivity contribution in [2.75, 3.05) is 6.61 Å². The highest BCUT2D eigenvalue weighted by Gasteiger charge is 2.77. The van der Waals surface area contributed by atoms with Crippen LogP contribution in [0.2, 0.25) is 55.9 Å². The second-order valence-corrected chi connectivity index (χ2v) is 32.4. The van der Waals surface area contributed by atoms with E-state index in [0.29, 0.717) is 17.6 Å². The lowest BCUT2D eigenvalue weighted by Crippen LogP contribution is -2.81. The fourth-order valence-electron chi connectivity index (χ4n) is 10.6. The monoisotopic (exact) mass is 802 g/mol. The average molecular weight is 803 g/mol. The van der Waals surface area contributed by atoms with E-state index in [9.17, 15) is 15.0 Å². The first kappa shape index (κ1) is 43.6. The molecule has 2 bridgehead atoms. The Morgan fingerprint density at radius 2 is 1.39 bits per heavy atom. The Hall–Kier alpha value is -1.49. The first-order valence-corrected chi connectivity index (χ1v) is 29.2. The van der Waals surface area contributed by atoms with Gasteiger partial charge in [-0.15, -0.1) is 0 Å². The Bertz CT molecular complexity index is 1550. The summed E-state index contributed by atoms with van der Waals surface area (Å²) >= 11 is 0. The molecule has 0 amide bonds. The highest BCUT2D eigenvalue weighted by Crippen LogP contribution is 2.64. The van der Waals surface area contributed by atoms with Crippen LogP contribution in [0, 0.1) is 16.7 Å². The van der Waals surface area contributed by atoms with Gasteiger partial charge in [0, 0.05) is 24.2 Å². The lowest BCUT2D eigenvalue weighted by atomic mass is 9.45. The third-order valence-corrected chi connectivity index (χ3v) is 24.9. The fraction of sp³-hybridized carbons (Fsp3) is 0.762. The number of carbonyl (C=O) groups is 2. The molecule has 5 rings (SSSR count). The van der Waals surface area contributed by atoms with Gasteiger partial charge in [-0.2, -0.15) is 0 Å². The Morgan fingerprint density at radius 3 is 1.87 bits per heavy atom. The second kappa shape index (κ2) is 15.4. The van der Waals surface area contributed by atoms with Gasteiger partial charge >= 0.3 is 5.97 Å². The summed E-state index contributed by atoms with van der Waals surface area (Å²) < 4.78 is 34.7. The summed E-state index contributed by atoms with van der Waals surface area (Å²) in [7, 11) is -7.12. The van der Waals surface area contributed by atoms with Gasteiger partial charge in [0.05, 0.1) is 35.9 Å². The van der Waals surface area contributed by atoms with Crippen molar-refractivity contribution in [2.24, 2.45) is 16.7 Å². The van der Waals surface area contributed by atoms with Gasteiger partial charge in [0.15, 0.2) is 30.7 Å². The van der Waals surface area contributed by atoms with Crippen molar-refractivity contribution in [3.8, 4) is 0 Å². The summed E-state index contributed by atoms with van der Waals surface area (Å²) in [5.41, 5.74) is -4.04. The van der Waals surface area contributed by atoms with Crippen LogP contribution in [-0.4, -0.2) is 95.2 Å². The van der Waals surface area contributed by atoms with Crippen molar-refractivity contribution in [1.82, 2.24) is 0 Å². The molecule has 1 aromatic carbocycles. The van der Waals surface area contributed by atoms with E-state index in [1.54, 1.807) is 24.3 Å². The van der Waals surface area contributed by atoms with Gasteiger partial charge in [0.25, 0.3) is 0 Å². The first-order chi connectivity index (χ1) is 25.1. The number of hydrogen-bond donors (Lipinski definition) is 2. The van der Waals surface area contributed by atoms with Crippen molar-refractivity contribution in [1.29, 1.82) is 0 Å². The summed E-state index contributed by atoms with van der Waals surface area (Å²) in [5.74, 6) is -1.88. The van der Waals surface area contributed by atoms with Crippen molar-refractivity contribution in [3.05, 3.63) is 47.0 Å². The van der Waals surface area contributed by atoms with Crippen LogP contribution in [0.1, 0.15) is 92.4 Å². The Balaban J connectivity index is 1.89. The number of carbonyl (C=O) groups excluding carboxylic acids is 2. The maximum absolute atomic E-state index is 16.4. The maximum Gasteiger partial charge on any atom is 0.338 e. The van der Waals surface area contributed by atoms with Crippen LogP contribution in [0.25, 0.3) is 0 Å². The van der Waals surface area contributed by atoms with Crippen LogP contribution < -0.4 is 0 Å². The Labute approximate surface area is 328 Å². The lowest BCUT2D eigenvalue weighted by molar-refractivity contribution is -0.342. The zero-order valence-corrected chi connectivity index (χ0v) is 38.5. The molecule has 304 valence electrons. The summed E-state index contributed by atoms with van der Waals surface area (Å²) in [6.07, 6.45) is -3.82. The second-order valence-electron chi connectivity index (χ2n) is 18.5. The van der Waals surface area contributed by atoms with Gasteiger partial charge < -0.3 is 33.0 Å². The number of fused-ring (bicyclic) bond motifs is 5. The van der Waals surface area contributed by atoms with E-state index in [4.69, 9.17) is 22.8 Å². The molecule has 9 nitrogen and oxygen atoms in total. The molecule has 12 heteroatoms. The molecule has 1 aliphatic heterocycles. The lowest BCUT2D eigenvalue weighted by Gasteiger charge is -2.68. The van der Waals surface area contributed by atoms with Crippen molar-refractivity contribution >= 4 is 36.7 Å². The third kappa shape index (κ3) is 6.95. The molecule has 9 atom stereocenters. The molecule has 3 fully saturated rings. The number of ether oxygens (including phenoxy) is 2. The molecular formula is C42H70O9Si3. The molecule has 1 heterocycles. The third-order valence-electron chi connectivity index (χ3n) is 14.7. The van der Waals surface area contributed by atoms with Crippen LogP contribution in [0.5, 0.6) is 0 Å². The highest BCUT2D eigenvalue weighted by atomic mass is 28.4. The molecule has 0 radical (unpaired) electrons. The predicted molar refractivity (Wildman–Crippen MR) is 220 cm³/mol. The summed E-state index contributed by atoms with van der Waals surface area (Å²) in [5, 5.41) is 26.9. The van der Waals surface area contributed by atoms with Crippen molar-refractivity contribution in [2.45, 2.75) is 180 Å². The molecule has 1 saturated heterocycles. The topological polar surface area (TPSA) is 121 Å². The molecular weight excluding hydrogens is 733 g/mol. The number of benzene rings is 1. The number of esters is 1. The van der Waals surface area contributed by atoms with Gasteiger partial charge in [-0.05, 0) is 93.0 Å². The Morgan fingerprint density at radius 1 is 0.852 bits per heavy atom. The molecule has 1 unspecified atom stereocenters. The average Bonchev–Trinajstić information content (AvgIpc) is 3.13. The first-order valence-electron chi connectivity index (χ1n) is 20.7. The zero-order valence-electron chi connectivity index (χ0n) is 35.5. The van der Waals surface area contributed by atoms with Crippen LogP contribution >= 0.6 is 0 Å². The molecule has 4 aliphatic rings.